The second-order valence-corrected chi connectivity index (χ2v) is 5.79. The molecule has 1 aromatic carbocycles. The van der Waals surface area contributed by atoms with E-state index < -0.39 is 0 Å². The molecule has 0 saturated heterocycles. The fraction of sp³-hybridized carbons (Fsp3) is 0.625. The Balaban J connectivity index is 2.25. The molecule has 0 unspecified atom stereocenters. The van der Waals surface area contributed by atoms with Crippen LogP contribution < -0.4 is 10.1 Å². The number of hydrogen-bond acceptors (Lipinski definition) is 3. The molecule has 20 heavy (non-hydrogen) atoms. The molecule has 0 radical (unpaired) electrons. The van der Waals surface area contributed by atoms with E-state index in [1.54, 1.807) is 7.11 Å². The van der Waals surface area contributed by atoms with Gasteiger partial charge in [-0.15, -0.1) is 0 Å². The van der Waals surface area contributed by atoms with Crippen LogP contribution in [0.4, 0.5) is 0 Å². The molecule has 0 bridgehead atoms. The number of hydrogen-bond donors (Lipinski definition) is 1. The van der Waals surface area contributed by atoms with Crippen LogP contribution in [0.5, 0.6) is 5.75 Å². The van der Waals surface area contributed by atoms with Crippen LogP contribution in [0.25, 0.3) is 0 Å². The van der Waals surface area contributed by atoms with Gasteiger partial charge in [0.1, 0.15) is 5.75 Å². The van der Waals surface area contributed by atoms with Gasteiger partial charge in [0, 0.05) is 23.2 Å². The van der Waals surface area contributed by atoms with Crippen molar-refractivity contribution >= 4 is 11.6 Å². The monoisotopic (exact) mass is 298 g/mol. The van der Waals surface area contributed by atoms with Gasteiger partial charge in [0.2, 0.25) is 0 Å². The number of unbranched alkanes of at least 4 members (excludes halogenated alkanes) is 1. The van der Waals surface area contributed by atoms with Crippen molar-refractivity contribution in [1.29, 1.82) is 0 Å². The molecule has 0 amide bonds. The van der Waals surface area contributed by atoms with Crippen molar-refractivity contribution in [1.82, 2.24) is 10.2 Å². The van der Waals surface area contributed by atoms with Crippen LogP contribution in [-0.4, -0.2) is 38.2 Å². The first-order valence-corrected chi connectivity index (χ1v) is 7.66. The average Bonchev–Trinajstić information content (AvgIpc) is 2.43. The molecule has 0 aliphatic carbocycles. The van der Waals surface area contributed by atoms with Gasteiger partial charge in [-0.25, -0.2) is 0 Å². The second-order valence-electron chi connectivity index (χ2n) is 5.38. The largest absolute Gasteiger partial charge is 0.496 e. The molecule has 0 fully saturated rings. The smallest absolute Gasteiger partial charge is 0.124 e. The first-order valence-electron chi connectivity index (χ1n) is 7.28. The minimum absolute atomic E-state index is 0.621. The number of nitrogens with zero attached hydrogens (tertiary/aromatic N) is 1. The summed E-state index contributed by atoms with van der Waals surface area (Å²) in [6.45, 7) is 7.35. The van der Waals surface area contributed by atoms with Gasteiger partial charge in [0.15, 0.2) is 0 Å². The zero-order valence-electron chi connectivity index (χ0n) is 13.1. The number of nitrogens with one attached hydrogen (secondary N) is 1. The second kappa shape index (κ2) is 9.22. The van der Waals surface area contributed by atoms with E-state index in [0.717, 1.165) is 36.0 Å². The first-order chi connectivity index (χ1) is 9.56. The Labute approximate surface area is 128 Å². The molecule has 0 aliphatic heterocycles. The van der Waals surface area contributed by atoms with Crippen molar-refractivity contribution in [2.75, 3.05) is 27.2 Å². The summed E-state index contributed by atoms with van der Waals surface area (Å²) in [6.07, 6.45) is 2.38. The van der Waals surface area contributed by atoms with Crippen LogP contribution in [-0.2, 0) is 6.54 Å². The van der Waals surface area contributed by atoms with Crippen molar-refractivity contribution in [2.24, 2.45) is 0 Å². The highest BCUT2D eigenvalue weighted by molar-refractivity contribution is 6.31. The molecular weight excluding hydrogens is 272 g/mol. The highest BCUT2D eigenvalue weighted by Gasteiger charge is 2.06. The molecule has 1 rings (SSSR count). The summed E-state index contributed by atoms with van der Waals surface area (Å²) in [4.78, 5) is 2.37. The van der Waals surface area contributed by atoms with Crippen molar-refractivity contribution in [3.8, 4) is 5.75 Å². The Morgan fingerprint density at radius 2 is 2.05 bits per heavy atom. The molecule has 4 heteroatoms. The van der Waals surface area contributed by atoms with Crippen molar-refractivity contribution in [2.45, 2.75) is 39.3 Å². The van der Waals surface area contributed by atoms with Gasteiger partial charge >= 0.3 is 0 Å². The topological polar surface area (TPSA) is 24.5 Å². The molecule has 1 aromatic rings. The molecular formula is C16H27ClN2O. The predicted molar refractivity (Wildman–Crippen MR) is 86.7 cm³/mol. The molecule has 0 spiro atoms. The molecule has 0 aromatic heterocycles. The maximum Gasteiger partial charge on any atom is 0.124 e. The van der Waals surface area contributed by atoms with Crippen molar-refractivity contribution in [3.05, 3.63) is 28.8 Å². The minimum Gasteiger partial charge on any atom is -0.496 e. The van der Waals surface area contributed by atoms with E-state index in [4.69, 9.17) is 16.3 Å². The predicted octanol–water partition coefficient (Wildman–Crippen LogP) is 3.56. The fourth-order valence-electron chi connectivity index (χ4n) is 1.98. The molecule has 0 heterocycles. The summed E-state index contributed by atoms with van der Waals surface area (Å²) >= 11 is 6.20. The van der Waals surface area contributed by atoms with E-state index >= 15 is 0 Å². The summed E-state index contributed by atoms with van der Waals surface area (Å²) in [5, 5.41) is 4.20. The number of benzene rings is 1. The third kappa shape index (κ3) is 5.70. The summed E-state index contributed by atoms with van der Waals surface area (Å²) in [5.41, 5.74) is 1.04. The van der Waals surface area contributed by atoms with Gasteiger partial charge in [0.25, 0.3) is 0 Å². The summed E-state index contributed by atoms with van der Waals surface area (Å²) in [7, 11) is 3.85. The normalized spacial score (nSPS) is 11.3. The van der Waals surface area contributed by atoms with Crippen LogP contribution in [0.1, 0.15) is 32.3 Å². The van der Waals surface area contributed by atoms with E-state index in [-0.39, 0.29) is 0 Å². The van der Waals surface area contributed by atoms with E-state index in [1.807, 2.05) is 18.2 Å². The Hall–Kier alpha value is -0.770. The lowest BCUT2D eigenvalue weighted by atomic mass is 10.2. The Morgan fingerprint density at radius 1 is 1.30 bits per heavy atom. The standard InChI is InChI=1S/C16H27ClN2O/c1-13(2)19(3)11-6-5-10-18-12-14-15(17)8-7-9-16(14)20-4/h7-9,13,18H,5-6,10-12H2,1-4H3. The van der Waals surface area contributed by atoms with Crippen LogP contribution in [0, 0.1) is 0 Å². The molecule has 114 valence electrons. The third-order valence-electron chi connectivity index (χ3n) is 3.59. The number of ether oxygens (including phenoxy) is 1. The summed E-state index contributed by atoms with van der Waals surface area (Å²) in [5.74, 6) is 0.851. The minimum atomic E-state index is 0.621. The number of halogens is 1. The van der Waals surface area contributed by atoms with Crippen LogP contribution in [0.15, 0.2) is 18.2 Å². The van der Waals surface area contributed by atoms with Crippen LogP contribution in [0.3, 0.4) is 0 Å². The van der Waals surface area contributed by atoms with Gasteiger partial charge in [-0.05, 0) is 59.0 Å². The number of rotatable bonds is 9. The average molecular weight is 299 g/mol. The fourth-order valence-corrected chi connectivity index (χ4v) is 2.22. The SMILES string of the molecule is COc1cccc(Cl)c1CNCCCCN(C)C(C)C. The van der Waals surface area contributed by atoms with Gasteiger partial charge in [-0.2, -0.15) is 0 Å². The lowest BCUT2D eigenvalue weighted by Crippen LogP contribution is -2.27. The van der Waals surface area contributed by atoms with Gasteiger partial charge in [0.05, 0.1) is 7.11 Å². The zero-order chi connectivity index (χ0) is 15.0. The lowest BCUT2D eigenvalue weighted by molar-refractivity contribution is 0.268. The van der Waals surface area contributed by atoms with E-state index in [9.17, 15) is 0 Å². The van der Waals surface area contributed by atoms with E-state index in [1.165, 1.54) is 12.8 Å². The molecule has 1 N–H and O–H groups in total. The van der Waals surface area contributed by atoms with Gasteiger partial charge in [-0.1, -0.05) is 17.7 Å². The van der Waals surface area contributed by atoms with E-state index in [0.29, 0.717) is 6.04 Å². The van der Waals surface area contributed by atoms with Gasteiger partial charge in [-0.3, -0.25) is 0 Å². The van der Waals surface area contributed by atoms with Gasteiger partial charge < -0.3 is 15.0 Å². The Bertz CT molecular complexity index is 396. The van der Waals surface area contributed by atoms with Crippen LogP contribution in [0.2, 0.25) is 5.02 Å². The zero-order valence-corrected chi connectivity index (χ0v) is 13.8. The molecule has 0 aliphatic rings. The molecule has 0 saturated carbocycles. The van der Waals surface area contributed by atoms with Crippen molar-refractivity contribution < 1.29 is 4.74 Å². The maximum absolute atomic E-state index is 6.20. The number of methoxy groups -OCH3 is 1. The van der Waals surface area contributed by atoms with Crippen molar-refractivity contribution in [3.63, 3.8) is 0 Å². The van der Waals surface area contributed by atoms with E-state index in [2.05, 4.69) is 31.1 Å². The lowest BCUT2D eigenvalue weighted by Gasteiger charge is -2.20. The summed E-state index contributed by atoms with van der Waals surface area (Å²) < 4.78 is 5.33. The molecule has 3 nitrogen and oxygen atoms in total. The Morgan fingerprint density at radius 3 is 2.70 bits per heavy atom. The highest BCUT2D eigenvalue weighted by atomic mass is 35.5. The van der Waals surface area contributed by atoms with Crippen LogP contribution >= 0.6 is 11.6 Å². The Kier molecular flexibility index (Phi) is 7.97. The highest BCUT2D eigenvalue weighted by Crippen LogP contribution is 2.25. The summed E-state index contributed by atoms with van der Waals surface area (Å²) in [6, 6.07) is 6.38. The maximum atomic E-state index is 6.20. The molecule has 0 atom stereocenters. The quantitative estimate of drug-likeness (QED) is 0.706. The third-order valence-corrected chi connectivity index (χ3v) is 3.95. The first kappa shape index (κ1) is 17.3.